The largest absolute Gasteiger partial charge is 0.494 e. The standard InChI is InChI=1S/C14H24N2O/c1-13(12-16(2)3)15-10-7-11-17-14-8-5-4-6-9-14/h4-6,8-9,13,15H,7,10-12H2,1-3H3. The van der Waals surface area contributed by atoms with E-state index in [4.69, 9.17) is 4.74 Å². The predicted octanol–water partition coefficient (Wildman–Crippen LogP) is 2.00. The summed E-state index contributed by atoms with van der Waals surface area (Å²) in [5.41, 5.74) is 0. The molecule has 1 unspecified atom stereocenters. The van der Waals surface area contributed by atoms with Gasteiger partial charge in [0.2, 0.25) is 0 Å². The van der Waals surface area contributed by atoms with E-state index in [0.717, 1.165) is 31.9 Å². The summed E-state index contributed by atoms with van der Waals surface area (Å²) in [5, 5.41) is 3.48. The molecule has 1 N–H and O–H groups in total. The molecule has 1 rings (SSSR count). The van der Waals surface area contributed by atoms with Crippen LogP contribution >= 0.6 is 0 Å². The number of para-hydroxylation sites is 1. The van der Waals surface area contributed by atoms with Crippen LogP contribution in [-0.2, 0) is 0 Å². The molecule has 1 atom stereocenters. The van der Waals surface area contributed by atoms with E-state index in [1.54, 1.807) is 0 Å². The van der Waals surface area contributed by atoms with Crippen LogP contribution in [0.4, 0.5) is 0 Å². The Morgan fingerprint density at radius 2 is 1.94 bits per heavy atom. The summed E-state index contributed by atoms with van der Waals surface area (Å²) in [7, 11) is 4.19. The zero-order valence-corrected chi connectivity index (χ0v) is 11.1. The van der Waals surface area contributed by atoms with Crippen LogP contribution in [0.15, 0.2) is 30.3 Å². The van der Waals surface area contributed by atoms with Crippen molar-refractivity contribution in [2.24, 2.45) is 0 Å². The highest BCUT2D eigenvalue weighted by Gasteiger charge is 2.01. The summed E-state index contributed by atoms with van der Waals surface area (Å²) in [4.78, 5) is 2.19. The molecular weight excluding hydrogens is 212 g/mol. The fourth-order valence-corrected chi connectivity index (χ4v) is 1.74. The van der Waals surface area contributed by atoms with Crippen molar-refractivity contribution in [3.63, 3.8) is 0 Å². The van der Waals surface area contributed by atoms with E-state index in [2.05, 4.69) is 31.2 Å². The molecule has 0 saturated heterocycles. The van der Waals surface area contributed by atoms with Crippen molar-refractivity contribution in [2.45, 2.75) is 19.4 Å². The molecule has 0 aliphatic rings. The average molecular weight is 236 g/mol. The normalized spacial score (nSPS) is 12.7. The third kappa shape index (κ3) is 6.97. The van der Waals surface area contributed by atoms with Crippen molar-refractivity contribution in [1.82, 2.24) is 10.2 Å². The third-order valence-electron chi connectivity index (χ3n) is 2.46. The molecule has 0 bridgehead atoms. The molecule has 0 fully saturated rings. The molecule has 0 aromatic heterocycles. The van der Waals surface area contributed by atoms with Crippen molar-refractivity contribution in [3.8, 4) is 5.75 Å². The van der Waals surface area contributed by atoms with E-state index in [0.29, 0.717) is 6.04 Å². The molecule has 1 aromatic rings. The Balaban J connectivity index is 2.01. The highest BCUT2D eigenvalue weighted by molar-refractivity contribution is 5.20. The van der Waals surface area contributed by atoms with Crippen molar-refractivity contribution in [1.29, 1.82) is 0 Å². The summed E-state index contributed by atoms with van der Waals surface area (Å²) in [6.45, 7) is 5.05. The predicted molar refractivity (Wildman–Crippen MR) is 72.6 cm³/mol. The van der Waals surface area contributed by atoms with Gasteiger partial charge in [-0.2, -0.15) is 0 Å². The quantitative estimate of drug-likeness (QED) is 0.699. The minimum atomic E-state index is 0.529. The number of rotatable bonds is 8. The number of nitrogens with one attached hydrogen (secondary N) is 1. The van der Waals surface area contributed by atoms with Gasteiger partial charge in [0.05, 0.1) is 6.61 Å². The smallest absolute Gasteiger partial charge is 0.119 e. The van der Waals surface area contributed by atoms with Gasteiger partial charge < -0.3 is 15.0 Å². The van der Waals surface area contributed by atoms with Crippen LogP contribution in [0, 0.1) is 0 Å². The highest BCUT2D eigenvalue weighted by Crippen LogP contribution is 2.07. The second-order valence-corrected chi connectivity index (χ2v) is 4.63. The first-order chi connectivity index (χ1) is 8.18. The van der Waals surface area contributed by atoms with E-state index in [9.17, 15) is 0 Å². The van der Waals surface area contributed by atoms with Crippen LogP contribution < -0.4 is 10.1 Å². The van der Waals surface area contributed by atoms with Gasteiger partial charge in [0.25, 0.3) is 0 Å². The number of hydrogen-bond donors (Lipinski definition) is 1. The molecule has 1 aromatic carbocycles. The van der Waals surface area contributed by atoms with Crippen LogP contribution in [0.5, 0.6) is 5.75 Å². The van der Waals surface area contributed by atoms with Gasteiger partial charge in [-0.3, -0.25) is 0 Å². The van der Waals surface area contributed by atoms with Crippen LogP contribution in [0.1, 0.15) is 13.3 Å². The second-order valence-electron chi connectivity index (χ2n) is 4.63. The van der Waals surface area contributed by atoms with E-state index in [-0.39, 0.29) is 0 Å². The molecule has 0 aliphatic heterocycles. The van der Waals surface area contributed by atoms with Gasteiger partial charge in [0.15, 0.2) is 0 Å². The molecule has 0 aliphatic carbocycles. The molecule has 3 heteroatoms. The Bertz CT molecular complexity index is 288. The number of benzene rings is 1. The molecule has 0 heterocycles. The fourth-order valence-electron chi connectivity index (χ4n) is 1.74. The average Bonchev–Trinajstić information content (AvgIpc) is 2.29. The van der Waals surface area contributed by atoms with Crippen molar-refractivity contribution < 1.29 is 4.74 Å². The number of ether oxygens (including phenoxy) is 1. The van der Waals surface area contributed by atoms with Gasteiger partial charge in [-0.15, -0.1) is 0 Å². The molecule has 0 amide bonds. The lowest BCUT2D eigenvalue weighted by Gasteiger charge is -2.18. The Hall–Kier alpha value is -1.06. The van der Waals surface area contributed by atoms with E-state index in [1.807, 2.05) is 30.3 Å². The maximum Gasteiger partial charge on any atom is 0.119 e. The Morgan fingerprint density at radius 3 is 2.59 bits per heavy atom. The van der Waals surface area contributed by atoms with Gasteiger partial charge in [0.1, 0.15) is 5.75 Å². The molecule has 17 heavy (non-hydrogen) atoms. The second kappa shape index (κ2) is 8.09. The summed E-state index contributed by atoms with van der Waals surface area (Å²) in [5.74, 6) is 0.953. The SMILES string of the molecule is CC(CN(C)C)NCCCOc1ccccc1. The monoisotopic (exact) mass is 236 g/mol. The maximum atomic E-state index is 5.62. The van der Waals surface area contributed by atoms with E-state index >= 15 is 0 Å². The summed E-state index contributed by atoms with van der Waals surface area (Å²) >= 11 is 0. The van der Waals surface area contributed by atoms with Crippen LogP contribution in [0.3, 0.4) is 0 Å². The molecule has 0 spiro atoms. The minimum absolute atomic E-state index is 0.529. The number of hydrogen-bond acceptors (Lipinski definition) is 3. The third-order valence-corrected chi connectivity index (χ3v) is 2.46. The van der Waals surface area contributed by atoms with Crippen LogP contribution in [0.25, 0.3) is 0 Å². The van der Waals surface area contributed by atoms with Gasteiger partial charge in [-0.05, 0) is 46.1 Å². The van der Waals surface area contributed by atoms with Gasteiger partial charge in [0, 0.05) is 12.6 Å². The molecule has 96 valence electrons. The zero-order chi connectivity index (χ0) is 12.5. The first-order valence-corrected chi connectivity index (χ1v) is 6.24. The van der Waals surface area contributed by atoms with E-state index < -0.39 is 0 Å². The summed E-state index contributed by atoms with van der Waals surface area (Å²) < 4.78 is 5.62. The number of likely N-dealkylation sites (N-methyl/N-ethyl adjacent to an activating group) is 1. The number of nitrogens with zero attached hydrogens (tertiary/aromatic N) is 1. The Morgan fingerprint density at radius 1 is 1.24 bits per heavy atom. The van der Waals surface area contributed by atoms with Crippen molar-refractivity contribution >= 4 is 0 Å². The summed E-state index contributed by atoms with van der Waals surface area (Å²) in [6, 6.07) is 10.5. The molecule has 3 nitrogen and oxygen atoms in total. The first-order valence-electron chi connectivity index (χ1n) is 6.24. The van der Waals surface area contributed by atoms with Crippen molar-refractivity contribution in [2.75, 3.05) is 33.8 Å². The van der Waals surface area contributed by atoms with Gasteiger partial charge >= 0.3 is 0 Å². The Labute approximate surface area is 105 Å². The molecule has 0 radical (unpaired) electrons. The van der Waals surface area contributed by atoms with E-state index in [1.165, 1.54) is 0 Å². The minimum Gasteiger partial charge on any atom is -0.494 e. The van der Waals surface area contributed by atoms with Gasteiger partial charge in [-0.25, -0.2) is 0 Å². The summed E-state index contributed by atoms with van der Waals surface area (Å²) in [6.07, 6.45) is 1.03. The molecule has 0 saturated carbocycles. The zero-order valence-electron chi connectivity index (χ0n) is 11.1. The Kier molecular flexibility index (Phi) is 6.67. The van der Waals surface area contributed by atoms with Crippen LogP contribution in [0.2, 0.25) is 0 Å². The first kappa shape index (κ1) is 14.0. The molecular formula is C14H24N2O. The van der Waals surface area contributed by atoms with Crippen LogP contribution in [-0.4, -0.2) is 44.7 Å². The topological polar surface area (TPSA) is 24.5 Å². The van der Waals surface area contributed by atoms with Crippen molar-refractivity contribution in [3.05, 3.63) is 30.3 Å². The lowest BCUT2D eigenvalue weighted by Crippen LogP contribution is -2.36. The maximum absolute atomic E-state index is 5.62. The highest BCUT2D eigenvalue weighted by atomic mass is 16.5. The lowest BCUT2D eigenvalue weighted by molar-refractivity contribution is 0.297. The van der Waals surface area contributed by atoms with Gasteiger partial charge in [-0.1, -0.05) is 18.2 Å². The lowest BCUT2D eigenvalue weighted by atomic mass is 10.3. The fraction of sp³-hybridized carbons (Fsp3) is 0.571.